The summed E-state index contributed by atoms with van der Waals surface area (Å²) >= 11 is 0. The second-order valence-corrected chi connectivity index (χ2v) is 4.52. The molecule has 4 heteroatoms. The second-order valence-electron chi connectivity index (χ2n) is 4.52. The van der Waals surface area contributed by atoms with Gasteiger partial charge in [0.1, 0.15) is 12.4 Å². The third-order valence-corrected chi connectivity index (χ3v) is 2.82. The molecule has 0 atom stereocenters. The number of imidazole rings is 1. The molecular weight excluding hydrogens is 228 g/mol. The van der Waals surface area contributed by atoms with Crippen molar-refractivity contribution in [3.05, 3.63) is 42.0 Å². The monoisotopic (exact) mass is 246 g/mol. The van der Waals surface area contributed by atoms with Gasteiger partial charge in [-0.2, -0.15) is 0 Å². The van der Waals surface area contributed by atoms with Gasteiger partial charge in [0.2, 0.25) is 0 Å². The number of hydrogen-bond donors (Lipinski definition) is 1. The maximum Gasteiger partial charge on any atom is 0.161 e. The zero-order valence-electron chi connectivity index (χ0n) is 10.9. The Morgan fingerprint density at radius 2 is 2.06 bits per heavy atom. The summed E-state index contributed by atoms with van der Waals surface area (Å²) in [5.41, 5.74) is 1.01. The van der Waals surface area contributed by atoms with Gasteiger partial charge in [-0.3, -0.25) is 0 Å². The van der Waals surface area contributed by atoms with E-state index in [0.717, 1.165) is 11.5 Å². The minimum absolute atomic E-state index is 0.157. The summed E-state index contributed by atoms with van der Waals surface area (Å²) in [7, 11) is 0. The predicted octanol–water partition coefficient (Wildman–Crippen LogP) is 3.06. The number of rotatable bonds is 4. The number of nitrogens with zero attached hydrogens (tertiary/aromatic N) is 2. The highest BCUT2D eigenvalue weighted by atomic mass is 16.5. The molecule has 0 saturated carbocycles. The highest BCUT2D eigenvalue weighted by Crippen LogP contribution is 2.25. The van der Waals surface area contributed by atoms with Crippen molar-refractivity contribution in [2.24, 2.45) is 0 Å². The first-order valence-electron chi connectivity index (χ1n) is 6.03. The lowest BCUT2D eigenvalue weighted by Gasteiger charge is -2.15. The van der Waals surface area contributed by atoms with Crippen LogP contribution in [0.5, 0.6) is 11.5 Å². The van der Waals surface area contributed by atoms with Gasteiger partial charge in [0.15, 0.2) is 11.5 Å². The van der Waals surface area contributed by atoms with E-state index >= 15 is 0 Å². The van der Waals surface area contributed by atoms with Gasteiger partial charge in [-0.15, -0.1) is 0 Å². The minimum atomic E-state index is 0.157. The van der Waals surface area contributed by atoms with Crippen LogP contribution in [-0.2, 0) is 6.61 Å². The van der Waals surface area contributed by atoms with Crippen LogP contribution in [0.15, 0.2) is 30.5 Å². The van der Waals surface area contributed by atoms with Gasteiger partial charge in [-0.25, -0.2) is 4.98 Å². The number of phenols is 1. The van der Waals surface area contributed by atoms with Gasteiger partial charge >= 0.3 is 0 Å². The summed E-state index contributed by atoms with van der Waals surface area (Å²) in [5.74, 6) is 1.62. The van der Waals surface area contributed by atoms with Crippen LogP contribution < -0.4 is 4.74 Å². The fraction of sp³-hybridized carbons (Fsp3) is 0.357. The summed E-state index contributed by atoms with van der Waals surface area (Å²) in [6.45, 7) is 6.59. The van der Waals surface area contributed by atoms with Crippen LogP contribution >= 0.6 is 0 Å². The number of ether oxygens (including phenoxy) is 1. The van der Waals surface area contributed by atoms with Gasteiger partial charge in [0.05, 0.1) is 11.9 Å². The van der Waals surface area contributed by atoms with Crippen molar-refractivity contribution < 1.29 is 9.84 Å². The van der Waals surface area contributed by atoms with Crippen LogP contribution in [0.2, 0.25) is 0 Å². The lowest BCUT2D eigenvalue weighted by atomic mass is 10.3. The van der Waals surface area contributed by atoms with E-state index in [1.807, 2.05) is 19.2 Å². The molecule has 1 N–H and O–H groups in total. The van der Waals surface area contributed by atoms with E-state index in [4.69, 9.17) is 4.74 Å². The molecule has 0 aliphatic rings. The van der Waals surface area contributed by atoms with E-state index < -0.39 is 0 Å². The molecule has 0 radical (unpaired) electrons. The van der Waals surface area contributed by atoms with E-state index in [1.165, 1.54) is 0 Å². The van der Waals surface area contributed by atoms with Crippen molar-refractivity contribution in [3.8, 4) is 11.5 Å². The van der Waals surface area contributed by atoms with Crippen LogP contribution in [0.25, 0.3) is 0 Å². The third kappa shape index (κ3) is 2.47. The van der Waals surface area contributed by atoms with Gasteiger partial charge in [-0.1, -0.05) is 12.1 Å². The van der Waals surface area contributed by atoms with E-state index in [1.54, 1.807) is 18.2 Å². The first-order valence-corrected chi connectivity index (χ1v) is 6.03. The molecule has 0 amide bonds. The summed E-state index contributed by atoms with van der Waals surface area (Å²) in [6.07, 6.45) is 1.81. The summed E-state index contributed by atoms with van der Waals surface area (Å²) in [6, 6.07) is 7.30. The summed E-state index contributed by atoms with van der Waals surface area (Å²) in [5, 5.41) is 9.62. The average molecular weight is 246 g/mol. The molecule has 2 rings (SSSR count). The topological polar surface area (TPSA) is 47.3 Å². The first kappa shape index (κ1) is 12.5. The fourth-order valence-corrected chi connectivity index (χ4v) is 2.04. The molecule has 0 aliphatic heterocycles. The normalized spacial score (nSPS) is 10.9. The Balaban J connectivity index is 2.14. The molecule has 2 aromatic rings. The maximum absolute atomic E-state index is 9.62. The van der Waals surface area contributed by atoms with Crippen LogP contribution in [0.3, 0.4) is 0 Å². The van der Waals surface area contributed by atoms with E-state index in [0.29, 0.717) is 18.4 Å². The first-order chi connectivity index (χ1) is 8.59. The Morgan fingerprint density at radius 3 is 2.72 bits per heavy atom. The summed E-state index contributed by atoms with van der Waals surface area (Å²) < 4.78 is 7.74. The number of aryl methyl sites for hydroxylation is 1. The van der Waals surface area contributed by atoms with Gasteiger partial charge in [-0.05, 0) is 32.9 Å². The fourth-order valence-electron chi connectivity index (χ4n) is 2.04. The zero-order chi connectivity index (χ0) is 13.1. The van der Waals surface area contributed by atoms with Crippen LogP contribution in [0.1, 0.15) is 31.4 Å². The lowest BCUT2D eigenvalue weighted by molar-refractivity contribution is 0.277. The van der Waals surface area contributed by atoms with Crippen molar-refractivity contribution >= 4 is 0 Å². The smallest absolute Gasteiger partial charge is 0.161 e. The minimum Gasteiger partial charge on any atom is -0.504 e. The predicted molar refractivity (Wildman–Crippen MR) is 69.8 cm³/mol. The average Bonchev–Trinajstić information content (AvgIpc) is 2.69. The number of phenolic OH excluding ortho intramolecular Hbond substituents is 1. The van der Waals surface area contributed by atoms with Gasteiger partial charge in [0, 0.05) is 6.04 Å². The van der Waals surface area contributed by atoms with Crippen LogP contribution in [0, 0.1) is 6.92 Å². The Morgan fingerprint density at radius 1 is 1.33 bits per heavy atom. The molecular formula is C14H18N2O2. The van der Waals surface area contributed by atoms with E-state index in [2.05, 4.69) is 23.4 Å². The highest BCUT2D eigenvalue weighted by Gasteiger charge is 2.10. The number of para-hydroxylation sites is 2. The third-order valence-electron chi connectivity index (χ3n) is 2.82. The SMILES string of the molecule is Cc1ncc(COc2ccccc2O)n1C(C)C. The Bertz CT molecular complexity index is 532. The summed E-state index contributed by atoms with van der Waals surface area (Å²) in [4.78, 5) is 4.29. The molecule has 0 spiro atoms. The molecule has 18 heavy (non-hydrogen) atoms. The standard InChI is InChI=1S/C14H18N2O2/c1-10(2)16-11(3)15-8-12(16)9-18-14-7-5-4-6-13(14)17/h4-8,10,17H,9H2,1-3H3. The van der Waals surface area contributed by atoms with Gasteiger partial charge < -0.3 is 14.4 Å². The molecule has 1 heterocycles. The molecule has 0 aliphatic carbocycles. The lowest BCUT2D eigenvalue weighted by Crippen LogP contribution is -2.09. The Kier molecular flexibility index (Phi) is 3.55. The molecule has 1 aromatic heterocycles. The maximum atomic E-state index is 9.62. The Hall–Kier alpha value is -1.97. The molecule has 96 valence electrons. The van der Waals surface area contributed by atoms with Crippen molar-refractivity contribution in [1.29, 1.82) is 0 Å². The second kappa shape index (κ2) is 5.12. The molecule has 0 saturated heterocycles. The van der Waals surface area contributed by atoms with E-state index in [9.17, 15) is 5.11 Å². The van der Waals surface area contributed by atoms with Gasteiger partial charge in [0.25, 0.3) is 0 Å². The highest BCUT2D eigenvalue weighted by molar-refractivity contribution is 5.37. The molecule has 0 fully saturated rings. The van der Waals surface area contributed by atoms with Crippen molar-refractivity contribution in [2.45, 2.75) is 33.4 Å². The number of aromatic nitrogens is 2. The molecule has 0 unspecified atom stereocenters. The van der Waals surface area contributed by atoms with Crippen LogP contribution in [-0.4, -0.2) is 14.7 Å². The van der Waals surface area contributed by atoms with Crippen molar-refractivity contribution in [1.82, 2.24) is 9.55 Å². The number of aromatic hydroxyl groups is 1. The van der Waals surface area contributed by atoms with E-state index in [-0.39, 0.29) is 5.75 Å². The van der Waals surface area contributed by atoms with Crippen molar-refractivity contribution in [3.63, 3.8) is 0 Å². The number of benzene rings is 1. The quantitative estimate of drug-likeness (QED) is 0.901. The van der Waals surface area contributed by atoms with Crippen molar-refractivity contribution in [2.75, 3.05) is 0 Å². The molecule has 0 bridgehead atoms. The Labute approximate surface area is 107 Å². The van der Waals surface area contributed by atoms with Crippen LogP contribution in [0.4, 0.5) is 0 Å². The largest absolute Gasteiger partial charge is 0.504 e. The molecule has 4 nitrogen and oxygen atoms in total. The molecule has 1 aromatic carbocycles. The zero-order valence-corrected chi connectivity index (χ0v) is 10.9. The number of hydrogen-bond acceptors (Lipinski definition) is 3.